The van der Waals surface area contributed by atoms with Gasteiger partial charge in [0.1, 0.15) is 0 Å². The van der Waals surface area contributed by atoms with Gasteiger partial charge in [0.05, 0.1) is 4.92 Å². The van der Waals surface area contributed by atoms with Gasteiger partial charge in [0, 0.05) is 23.3 Å². The number of carbonyl (C=O) groups is 1. The van der Waals surface area contributed by atoms with Gasteiger partial charge >= 0.3 is 0 Å². The first-order valence-electron chi connectivity index (χ1n) is 5.86. The Labute approximate surface area is 114 Å². The minimum Gasteiger partial charge on any atom is -0.369 e. The largest absolute Gasteiger partial charge is 0.369 e. The van der Waals surface area contributed by atoms with Crippen LogP contribution in [-0.2, 0) is 0 Å². The van der Waals surface area contributed by atoms with E-state index >= 15 is 0 Å². The number of hydrogen-bond acceptors (Lipinski definition) is 4. The number of aliphatic hydroxyl groups is 1. The highest BCUT2D eigenvalue weighted by Crippen LogP contribution is 2.16. The van der Waals surface area contributed by atoms with Crippen LogP contribution >= 0.6 is 0 Å². The Morgan fingerprint density at radius 2 is 1.70 bits per heavy atom. The quantitative estimate of drug-likeness (QED) is 0.506. The highest BCUT2D eigenvalue weighted by atomic mass is 16.6. The summed E-state index contributed by atoms with van der Waals surface area (Å²) in [5, 5.41) is 22.8. The summed E-state index contributed by atoms with van der Waals surface area (Å²) in [5.41, 5.74) is 0.726. The third-order valence-electron chi connectivity index (χ3n) is 2.72. The lowest BCUT2D eigenvalue weighted by molar-refractivity contribution is -0.384. The Bertz CT molecular complexity index is 611. The molecule has 0 fully saturated rings. The number of non-ortho nitro benzene ring substituents is 1. The van der Waals surface area contributed by atoms with Gasteiger partial charge in [0.2, 0.25) is 0 Å². The van der Waals surface area contributed by atoms with Crippen molar-refractivity contribution in [2.75, 3.05) is 0 Å². The number of nitrogens with zero attached hydrogens (tertiary/aromatic N) is 1. The van der Waals surface area contributed by atoms with E-state index < -0.39 is 17.1 Å². The molecule has 0 saturated heterocycles. The monoisotopic (exact) mass is 272 g/mol. The zero-order valence-electron chi connectivity index (χ0n) is 10.4. The SMILES string of the molecule is O=C(N[C@H](O)c1ccc([N+](=O)[O-])cc1)c1ccccc1. The van der Waals surface area contributed by atoms with E-state index in [1.54, 1.807) is 30.3 Å². The standard InChI is InChI=1S/C14H12N2O4/c17-13(10-4-2-1-3-5-10)15-14(18)11-6-8-12(9-7-11)16(19)20/h1-9,14,18H,(H,15,17)/t14-/m1/s1. The van der Waals surface area contributed by atoms with Crippen LogP contribution in [0.25, 0.3) is 0 Å². The molecular formula is C14H12N2O4. The molecule has 0 unspecified atom stereocenters. The van der Waals surface area contributed by atoms with Crippen LogP contribution in [0.5, 0.6) is 0 Å². The first-order chi connectivity index (χ1) is 9.58. The minimum absolute atomic E-state index is 0.0738. The topological polar surface area (TPSA) is 92.5 Å². The lowest BCUT2D eigenvalue weighted by Crippen LogP contribution is -2.28. The molecule has 102 valence electrons. The third-order valence-corrected chi connectivity index (χ3v) is 2.72. The molecule has 0 heterocycles. The van der Waals surface area contributed by atoms with Gasteiger partial charge < -0.3 is 10.4 Å². The van der Waals surface area contributed by atoms with Crippen LogP contribution in [0.15, 0.2) is 54.6 Å². The van der Waals surface area contributed by atoms with E-state index in [2.05, 4.69) is 5.32 Å². The lowest BCUT2D eigenvalue weighted by Gasteiger charge is -2.13. The van der Waals surface area contributed by atoms with E-state index in [1.807, 2.05) is 0 Å². The van der Waals surface area contributed by atoms with Crippen molar-refractivity contribution >= 4 is 11.6 Å². The molecule has 1 atom stereocenters. The van der Waals surface area contributed by atoms with E-state index in [0.717, 1.165) is 0 Å². The Kier molecular flexibility index (Phi) is 4.07. The average molecular weight is 272 g/mol. The third kappa shape index (κ3) is 3.18. The molecule has 1 amide bonds. The van der Waals surface area contributed by atoms with Crippen LogP contribution < -0.4 is 5.32 Å². The van der Waals surface area contributed by atoms with E-state index in [4.69, 9.17) is 0 Å². The summed E-state index contributed by atoms with van der Waals surface area (Å²) < 4.78 is 0. The van der Waals surface area contributed by atoms with Crippen molar-refractivity contribution in [3.8, 4) is 0 Å². The van der Waals surface area contributed by atoms with Crippen molar-refractivity contribution in [1.82, 2.24) is 5.32 Å². The van der Waals surface area contributed by atoms with Gasteiger partial charge in [0.25, 0.3) is 11.6 Å². The summed E-state index contributed by atoms with van der Waals surface area (Å²) in [5.74, 6) is -0.420. The molecule has 2 aromatic carbocycles. The zero-order valence-corrected chi connectivity index (χ0v) is 10.4. The van der Waals surface area contributed by atoms with E-state index in [0.29, 0.717) is 11.1 Å². The van der Waals surface area contributed by atoms with E-state index in [-0.39, 0.29) is 5.69 Å². The maximum absolute atomic E-state index is 11.8. The number of rotatable bonds is 4. The molecule has 6 heteroatoms. The van der Waals surface area contributed by atoms with Crippen LogP contribution in [0, 0.1) is 10.1 Å². The summed E-state index contributed by atoms with van der Waals surface area (Å²) >= 11 is 0. The van der Waals surface area contributed by atoms with E-state index in [9.17, 15) is 20.0 Å². The maximum atomic E-state index is 11.8. The second-order valence-electron chi connectivity index (χ2n) is 4.09. The normalized spacial score (nSPS) is 11.7. The van der Waals surface area contributed by atoms with Gasteiger partial charge in [-0.15, -0.1) is 0 Å². The van der Waals surface area contributed by atoms with Crippen molar-refractivity contribution in [3.05, 3.63) is 75.8 Å². The smallest absolute Gasteiger partial charge is 0.269 e. The summed E-state index contributed by atoms with van der Waals surface area (Å²) in [6, 6.07) is 13.8. The predicted octanol–water partition coefficient (Wildman–Crippen LogP) is 2.02. The van der Waals surface area contributed by atoms with Crippen LogP contribution in [0.3, 0.4) is 0 Å². The molecule has 2 N–H and O–H groups in total. The fourth-order valence-electron chi connectivity index (χ4n) is 1.66. The second kappa shape index (κ2) is 5.94. The molecule has 0 aliphatic rings. The highest BCUT2D eigenvalue weighted by Gasteiger charge is 2.13. The van der Waals surface area contributed by atoms with Crippen LogP contribution in [-0.4, -0.2) is 15.9 Å². The lowest BCUT2D eigenvalue weighted by atomic mass is 10.1. The molecule has 0 radical (unpaired) electrons. The Hall–Kier alpha value is -2.73. The van der Waals surface area contributed by atoms with Crippen molar-refractivity contribution in [2.24, 2.45) is 0 Å². The molecule has 0 aliphatic carbocycles. The first-order valence-corrected chi connectivity index (χ1v) is 5.86. The van der Waals surface area contributed by atoms with Crippen LogP contribution in [0.4, 0.5) is 5.69 Å². The zero-order chi connectivity index (χ0) is 14.5. The Balaban J connectivity index is 2.06. The van der Waals surface area contributed by atoms with Crippen LogP contribution in [0.2, 0.25) is 0 Å². The number of carbonyl (C=O) groups excluding carboxylic acids is 1. The number of benzene rings is 2. The van der Waals surface area contributed by atoms with Crippen molar-refractivity contribution in [2.45, 2.75) is 6.23 Å². The summed E-state index contributed by atoms with van der Waals surface area (Å²) in [7, 11) is 0. The molecule has 0 bridgehead atoms. The number of nitrogens with one attached hydrogen (secondary N) is 1. The van der Waals surface area contributed by atoms with Crippen LogP contribution in [0.1, 0.15) is 22.1 Å². The van der Waals surface area contributed by atoms with Gasteiger partial charge in [-0.2, -0.15) is 0 Å². The molecule has 20 heavy (non-hydrogen) atoms. The number of hydrogen-bond donors (Lipinski definition) is 2. The van der Waals surface area contributed by atoms with Gasteiger partial charge in [-0.25, -0.2) is 0 Å². The molecule has 0 spiro atoms. The molecular weight excluding hydrogens is 260 g/mol. The molecule has 0 saturated carbocycles. The number of aliphatic hydroxyl groups excluding tert-OH is 1. The van der Waals surface area contributed by atoms with Gasteiger partial charge in [-0.1, -0.05) is 18.2 Å². The van der Waals surface area contributed by atoms with E-state index in [1.165, 1.54) is 24.3 Å². The molecule has 2 aromatic rings. The van der Waals surface area contributed by atoms with Crippen molar-refractivity contribution in [3.63, 3.8) is 0 Å². The Morgan fingerprint density at radius 3 is 2.25 bits per heavy atom. The predicted molar refractivity (Wildman–Crippen MR) is 72.0 cm³/mol. The number of nitro benzene ring substituents is 1. The minimum atomic E-state index is -1.22. The average Bonchev–Trinajstić information content (AvgIpc) is 2.48. The van der Waals surface area contributed by atoms with Gasteiger partial charge in [0.15, 0.2) is 6.23 Å². The van der Waals surface area contributed by atoms with Crippen molar-refractivity contribution in [1.29, 1.82) is 0 Å². The van der Waals surface area contributed by atoms with Crippen molar-refractivity contribution < 1.29 is 14.8 Å². The van der Waals surface area contributed by atoms with Gasteiger partial charge in [-0.3, -0.25) is 14.9 Å². The molecule has 6 nitrogen and oxygen atoms in total. The summed E-state index contributed by atoms with van der Waals surface area (Å²) in [6.07, 6.45) is -1.22. The molecule has 0 aliphatic heterocycles. The fraction of sp³-hybridized carbons (Fsp3) is 0.0714. The highest BCUT2D eigenvalue weighted by molar-refractivity contribution is 5.94. The first kappa shape index (κ1) is 13.7. The summed E-state index contributed by atoms with van der Waals surface area (Å²) in [6.45, 7) is 0. The second-order valence-corrected chi connectivity index (χ2v) is 4.09. The molecule has 2 rings (SSSR count). The van der Waals surface area contributed by atoms with Gasteiger partial charge in [-0.05, 0) is 24.3 Å². The number of nitro groups is 1. The maximum Gasteiger partial charge on any atom is 0.269 e. The Morgan fingerprint density at radius 1 is 1.10 bits per heavy atom. The molecule has 0 aromatic heterocycles. The fourth-order valence-corrected chi connectivity index (χ4v) is 1.66. The summed E-state index contributed by atoms with van der Waals surface area (Å²) in [4.78, 5) is 21.8. The number of amides is 1.